The van der Waals surface area contributed by atoms with Crippen LogP contribution in [0.25, 0.3) is 0 Å². The van der Waals surface area contributed by atoms with Crippen molar-refractivity contribution in [2.75, 3.05) is 0 Å². The third kappa shape index (κ3) is 3.19. The van der Waals surface area contributed by atoms with Crippen LogP contribution in [0.1, 0.15) is 22.3 Å². The Hall–Kier alpha value is -2.15. The van der Waals surface area contributed by atoms with Gasteiger partial charge in [0.05, 0.1) is 23.6 Å². The molecular weight excluding hydrogens is 272 g/mol. The van der Waals surface area contributed by atoms with Gasteiger partial charge in [-0.15, -0.1) is 6.42 Å². The molecule has 0 aliphatic rings. The fourth-order valence-corrected chi connectivity index (χ4v) is 1.50. The van der Waals surface area contributed by atoms with E-state index in [4.69, 9.17) is 11.7 Å². The predicted octanol–water partition coefficient (Wildman–Crippen LogP) is 3.77. The average molecular weight is 277 g/mol. The molecule has 0 bridgehead atoms. The van der Waals surface area contributed by atoms with Crippen LogP contribution in [-0.4, -0.2) is 0 Å². The molecule has 0 unspecified atom stereocenters. The first-order valence-corrected chi connectivity index (χ1v) is 4.76. The summed E-state index contributed by atoms with van der Waals surface area (Å²) in [6.07, 6.45) is -5.86. The van der Waals surface area contributed by atoms with Crippen molar-refractivity contribution >= 4 is 0 Å². The summed E-state index contributed by atoms with van der Waals surface area (Å²) in [4.78, 5) is 0. The fraction of sp³-hybridized carbons (Fsp3) is 0.250. The summed E-state index contributed by atoms with van der Waals surface area (Å²) in [5, 5.41) is 8.38. The summed E-state index contributed by atoms with van der Waals surface area (Å²) < 4.78 is 76.1. The number of hydrogen-bond acceptors (Lipinski definition) is 1. The zero-order valence-corrected chi connectivity index (χ0v) is 9.15. The van der Waals surface area contributed by atoms with Crippen molar-refractivity contribution in [3.05, 3.63) is 34.4 Å². The molecule has 1 aromatic carbocycles. The zero-order chi connectivity index (χ0) is 14.8. The van der Waals surface area contributed by atoms with Crippen LogP contribution in [0.15, 0.2) is 12.1 Å². The van der Waals surface area contributed by atoms with Gasteiger partial charge in [0.1, 0.15) is 0 Å². The lowest BCUT2D eigenvalue weighted by Crippen LogP contribution is -2.16. The maximum Gasteiger partial charge on any atom is 0.417 e. The lowest BCUT2D eigenvalue weighted by atomic mass is 9.96. The summed E-state index contributed by atoms with van der Waals surface area (Å²) in [7, 11) is 0. The highest BCUT2D eigenvalue weighted by molar-refractivity contribution is 5.51. The van der Waals surface area contributed by atoms with Crippen molar-refractivity contribution in [2.24, 2.45) is 0 Å². The molecule has 0 saturated heterocycles. The van der Waals surface area contributed by atoms with E-state index in [2.05, 4.69) is 0 Å². The second kappa shape index (κ2) is 4.85. The summed E-state index contributed by atoms with van der Waals surface area (Å²) in [5.41, 5.74) is -4.77. The molecule has 19 heavy (non-hydrogen) atoms. The second-order valence-electron chi connectivity index (χ2n) is 3.54. The Morgan fingerprint density at radius 3 is 1.68 bits per heavy atom. The number of halogens is 6. The quantitative estimate of drug-likeness (QED) is 0.566. The lowest BCUT2D eigenvalue weighted by molar-refractivity contribution is -0.143. The van der Waals surface area contributed by atoms with Gasteiger partial charge in [0.25, 0.3) is 0 Å². The molecule has 0 atom stereocenters. The molecular formula is C12H5F6N. The molecule has 0 aliphatic heterocycles. The first kappa shape index (κ1) is 14.9. The fourth-order valence-electron chi connectivity index (χ4n) is 1.50. The van der Waals surface area contributed by atoms with E-state index in [1.807, 2.05) is 0 Å². The standard InChI is InChI=1S/C12H5F6N/c1-2-8-9(11(13,14)15)5-7(3-4-19)6-10(8)12(16,17)18/h1,5-6H,3H2. The Balaban J connectivity index is 3.69. The van der Waals surface area contributed by atoms with E-state index >= 15 is 0 Å². The Labute approximate surface area is 104 Å². The molecule has 7 heteroatoms. The second-order valence-corrected chi connectivity index (χ2v) is 3.54. The maximum absolute atomic E-state index is 12.7. The summed E-state index contributed by atoms with van der Waals surface area (Å²) >= 11 is 0. The first-order chi connectivity index (χ1) is 8.61. The number of nitriles is 1. The molecule has 0 saturated carbocycles. The predicted molar refractivity (Wildman–Crippen MR) is 53.7 cm³/mol. The number of nitrogens with zero attached hydrogens (tertiary/aromatic N) is 1. The van der Waals surface area contributed by atoms with Gasteiger partial charge in [-0.1, -0.05) is 5.92 Å². The van der Waals surface area contributed by atoms with Crippen LogP contribution in [0.2, 0.25) is 0 Å². The molecule has 1 rings (SSSR count). The number of rotatable bonds is 1. The van der Waals surface area contributed by atoms with Crippen LogP contribution in [0.5, 0.6) is 0 Å². The van der Waals surface area contributed by atoms with Crippen LogP contribution in [-0.2, 0) is 18.8 Å². The van der Waals surface area contributed by atoms with Crippen LogP contribution >= 0.6 is 0 Å². The smallest absolute Gasteiger partial charge is 0.198 e. The molecule has 1 aromatic rings. The highest BCUT2D eigenvalue weighted by Crippen LogP contribution is 2.39. The first-order valence-electron chi connectivity index (χ1n) is 4.76. The van der Waals surface area contributed by atoms with Crippen molar-refractivity contribution in [3.63, 3.8) is 0 Å². The molecule has 0 radical (unpaired) electrons. The van der Waals surface area contributed by atoms with Gasteiger partial charge in [-0.2, -0.15) is 31.6 Å². The Bertz CT molecular complexity index is 533. The summed E-state index contributed by atoms with van der Waals surface area (Å²) in [6, 6.07) is 2.42. The van der Waals surface area contributed by atoms with E-state index < -0.39 is 35.5 Å². The molecule has 1 nitrogen and oxygen atoms in total. The lowest BCUT2D eigenvalue weighted by Gasteiger charge is -2.16. The zero-order valence-electron chi connectivity index (χ0n) is 9.15. The molecule has 0 fully saturated rings. The average Bonchev–Trinajstić information content (AvgIpc) is 2.26. The van der Waals surface area contributed by atoms with E-state index in [0.29, 0.717) is 12.1 Å². The van der Waals surface area contributed by atoms with Crippen molar-refractivity contribution in [2.45, 2.75) is 18.8 Å². The van der Waals surface area contributed by atoms with Gasteiger partial charge in [0.15, 0.2) is 0 Å². The van der Waals surface area contributed by atoms with Crippen LogP contribution < -0.4 is 0 Å². The highest BCUT2D eigenvalue weighted by atomic mass is 19.4. The molecule has 0 amide bonds. The highest BCUT2D eigenvalue weighted by Gasteiger charge is 2.40. The molecule has 0 aromatic heterocycles. The minimum absolute atomic E-state index is 0.388. The van der Waals surface area contributed by atoms with E-state index in [9.17, 15) is 26.3 Å². The number of alkyl halides is 6. The van der Waals surface area contributed by atoms with E-state index in [1.54, 1.807) is 0 Å². The molecule has 0 spiro atoms. The van der Waals surface area contributed by atoms with E-state index in [0.717, 1.165) is 0 Å². The SMILES string of the molecule is C#Cc1c(C(F)(F)F)cc(CC#N)cc1C(F)(F)F. The molecule has 0 N–H and O–H groups in total. The van der Waals surface area contributed by atoms with Crippen LogP contribution in [0.3, 0.4) is 0 Å². The van der Waals surface area contributed by atoms with Crippen LogP contribution in [0, 0.1) is 23.7 Å². The van der Waals surface area contributed by atoms with Crippen molar-refractivity contribution in [1.82, 2.24) is 0 Å². The van der Waals surface area contributed by atoms with Crippen molar-refractivity contribution < 1.29 is 26.3 Å². The maximum atomic E-state index is 12.7. The van der Waals surface area contributed by atoms with Gasteiger partial charge in [-0.05, 0) is 17.7 Å². The number of benzene rings is 1. The Morgan fingerprint density at radius 2 is 1.42 bits per heavy atom. The van der Waals surface area contributed by atoms with Gasteiger partial charge in [-0.25, -0.2) is 0 Å². The van der Waals surface area contributed by atoms with E-state index in [1.165, 1.54) is 12.0 Å². The topological polar surface area (TPSA) is 23.8 Å². The van der Waals surface area contributed by atoms with Crippen molar-refractivity contribution in [3.8, 4) is 18.4 Å². The van der Waals surface area contributed by atoms with Crippen molar-refractivity contribution in [1.29, 1.82) is 5.26 Å². The van der Waals surface area contributed by atoms with Gasteiger partial charge >= 0.3 is 12.4 Å². The summed E-state index contributed by atoms with van der Waals surface area (Å²) in [6.45, 7) is 0. The van der Waals surface area contributed by atoms with E-state index in [-0.39, 0.29) is 5.56 Å². The Kier molecular flexibility index (Phi) is 3.80. The largest absolute Gasteiger partial charge is 0.417 e. The normalized spacial score (nSPS) is 11.8. The number of hydrogen-bond donors (Lipinski definition) is 0. The van der Waals surface area contributed by atoms with Gasteiger partial charge in [0.2, 0.25) is 0 Å². The summed E-state index contributed by atoms with van der Waals surface area (Å²) in [5.74, 6) is 1.42. The molecule has 0 heterocycles. The van der Waals surface area contributed by atoms with Gasteiger partial charge < -0.3 is 0 Å². The molecule has 100 valence electrons. The minimum Gasteiger partial charge on any atom is -0.198 e. The van der Waals surface area contributed by atoms with Crippen LogP contribution in [0.4, 0.5) is 26.3 Å². The third-order valence-electron chi connectivity index (χ3n) is 2.24. The Morgan fingerprint density at radius 1 is 1.00 bits per heavy atom. The minimum atomic E-state index is -5.02. The van der Waals surface area contributed by atoms with Gasteiger partial charge in [-0.3, -0.25) is 0 Å². The third-order valence-corrected chi connectivity index (χ3v) is 2.24. The molecule has 0 aliphatic carbocycles. The monoisotopic (exact) mass is 277 g/mol. The van der Waals surface area contributed by atoms with Gasteiger partial charge in [0, 0.05) is 5.56 Å². The number of terminal acetylenes is 1.